The van der Waals surface area contributed by atoms with Crippen LogP contribution in [0.25, 0.3) is 16.7 Å². The van der Waals surface area contributed by atoms with E-state index in [2.05, 4.69) is 21.2 Å². The van der Waals surface area contributed by atoms with Crippen LogP contribution in [0.15, 0.2) is 30.5 Å². The van der Waals surface area contributed by atoms with Crippen molar-refractivity contribution in [1.82, 2.24) is 20.2 Å². The molecule has 6 rings (SSSR count). The molecule has 4 heterocycles. The topological polar surface area (TPSA) is 92.9 Å². The molecule has 1 spiro atoms. The summed E-state index contributed by atoms with van der Waals surface area (Å²) in [5.74, 6) is 0.662. The number of ether oxygens (including phenoxy) is 1. The molecule has 0 bridgehead atoms. The molecule has 0 radical (unpaired) electrons. The van der Waals surface area contributed by atoms with Crippen molar-refractivity contribution in [2.75, 3.05) is 31.2 Å². The van der Waals surface area contributed by atoms with Crippen LogP contribution >= 0.6 is 0 Å². The number of anilines is 1. The van der Waals surface area contributed by atoms with Gasteiger partial charge in [0.15, 0.2) is 0 Å². The van der Waals surface area contributed by atoms with Crippen LogP contribution in [0.4, 0.5) is 10.2 Å². The largest absolute Gasteiger partial charge is 0.377 e. The number of hydrogen-bond donors (Lipinski definition) is 2. The standard InChI is InChI=1S/C23H25FN6O/c24-16-1-2-17-15(11-16)12-23(21(17)25)5-7-30(8-6-23)18-13-26-20-19(28-29-22(20)27-18)14-3-9-31-10-4-14/h1-3,11,13,21H,4-10,12,25H2,(H,27,28,29)/t21-/m1/s1. The molecule has 31 heavy (non-hydrogen) atoms. The highest BCUT2D eigenvalue weighted by atomic mass is 19.1. The van der Waals surface area contributed by atoms with Crippen molar-refractivity contribution in [3.8, 4) is 0 Å². The second kappa shape index (κ2) is 7.10. The van der Waals surface area contributed by atoms with E-state index in [1.807, 2.05) is 12.3 Å². The maximum absolute atomic E-state index is 13.7. The molecule has 1 fully saturated rings. The van der Waals surface area contributed by atoms with Crippen LogP contribution in [0.2, 0.25) is 0 Å². The van der Waals surface area contributed by atoms with Crippen LogP contribution in [-0.2, 0) is 11.2 Å². The first-order chi connectivity index (χ1) is 15.1. The Bertz CT molecular complexity index is 1180. The van der Waals surface area contributed by atoms with E-state index in [1.54, 1.807) is 6.07 Å². The maximum Gasteiger partial charge on any atom is 0.202 e. The van der Waals surface area contributed by atoms with Gasteiger partial charge in [0.25, 0.3) is 0 Å². The molecule has 2 aliphatic heterocycles. The summed E-state index contributed by atoms with van der Waals surface area (Å²) in [5.41, 5.74) is 12.4. The number of nitrogens with zero attached hydrogens (tertiary/aromatic N) is 4. The van der Waals surface area contributed by atoms with Crippen molar-refractivity contribution in [1.29, 1.82) is 0 Å². The van der Waals surface area contributed by atoms with Gasteiger partial charge in [-0.15, -0.1) is 0 Å². The first-order valence-electron chi connectivity index (χ1n) is 10.9. The van der Waals surface area contributed by atoms with E-state index in [-0.39, 0.29) is 17.3 Å². The van der Waals surface area contributed by atoms with Crippen molar-refractivity contribution >= 4 is 22.6 Å². The van der Waals surface area contributed by atoms with Crippen LogP contribution in [0.5, 0.6) is 0 Å². The summed E-state index contributed by atoms with van der Waals surface area (Å²) in [6, 6.07) is 4.99. The average molecular weight is 420 g/mol. The second-order valence-electron chi connectivity index (χ2n) is 8.90. The smallest absolute Gasteiger partial charge is 0.202 e. The lowest BCUT2D eigenvalue weighted by Gasteiger charge is -2.42. The van der Waals surface area contributed by atoms with Gasteiger partial charge in [-0.3, -0.25) is 5.10 Å². The molecule has 8 heteroatoms. The number of benzene rings is 1. The molecule has 3 aliphatic rings. The van der Waals surface area contributed by atoms with Crippen LogP contribution < -0.4 is 10.6 Å². The Morgan fingerprint density at radius 3 is 2.94 bits per heavy atom. The fourth-order valence-electron chi connectivity index (χ4n) is 5.44. The van der Waals surface area contributed by atoms with Gasteiger partial charge in [0.1, 0.15) is 17.2 Å². The predicted molar refractivity (Wildman–Crippen MR) is 116 cm³/mol. The number of piperidine rings is 1. The van der Waals surface area contributed by atoms with E-state index in [4.69, 9.17) is 20.4 Å². The van der Waals surface area contributed by atoms with E-state index in [0.717, 1.165) is 66.9 Å². The van der Waals surface area contributed by atoms with Gasteiger partial charge in [0.2, 0.25) is 5.65 Å². The van der Waals surface area contributed by atoms with Gasteiger partial charge in [0.05, 0.1) is 25.1 Å². The van der Waals surface area contributed by atoms with E-state index in [9.17, 15) is 4.39 Å². The van der Waals surface area contributed by atoms with E-state index in [1.165, 1.54) is 11.6 Å². The quantitative estimate of drug-likeness (QED) is 0.662. The second-order valence-corrected chi connectivity index (χ2v) is 8.90. The molecule has 3 aromatic rings. The van der Waals surface area contributed by atoms with E-state index in [0.29, 0.717) is 18.9 Å². The normalized spacial score (nSPS) is 22.7. The van der Waals surface area contributed by atoms with Crippen LogP contribution in [0, 0.1) is 11.2 Å². The van der Waals surface area contributed by atoms with Crippen molar-refractivity contribution < 1.29 is 9.13 Å². The monoisotopic (exact) mass is 420 g/mol. The molecule has 1 saturated heterocycles. The van der Waals surface area contributed by atoms with Crippen molar-refractivity contribution in [3.05, 3.63) is 53.1 Å². The number of rotatable bonds is 2. The van der Waals surface area contributed by atoms with Gasteiger partial charge < -0.3 is 15.4 Å². The van der Waals surface area contributed by atoms with Crippen LogP contribution in [-0.4, -0.2) is 46.5 Å². The minimum atomic E-state index is -0.182. The number of halogens is 1. The summed E-state index contributed by atoms with van der Waals surface area (Å²) >= 11 is 0. The van der Waals surface area contributed by atoms with Gasteiger partial charge in [-0.2, -0.15) is 5.10 Å². The van der Waals surface area contributed by atoms with E-state index < -0.39 is 0 Å². The van der Waals surface area contributed by atoms with Crippen LogP contribution in [0.1, 0.15) is 42.1 Å². The minimum absolute atomic E-state index is 0.000805. The molecule has 0 saturated carbocycles. The van der Waals surface area contributed by atoms with E-state index >= 15 is 0 Å². The number of H-pyrrole nitrogens is 1. The number of fused-ring (bicyclic) bond motifs is 2. The minimum Gasteiger partial charge on any atom is -0.377 e. The molecule has 7 nitrogen and oxygen atoms in total. The third-order valence-corrected chi connectivity index (χ3v) is 7.26. The Hall–Kier alpha value is -2.84. The molecular weight excluding hydrogens is 395 g/mol. The highest BCUT2D eigenvalue weighted by molar-refractivity contribution is 5.85. The summed E-state index contributed by atoms with van der Waals surface area (Å²) in [6.07, 6.45) is 7.51. The van der Waals surface area contributed by atoms with Gasteiger partial charge in [-0.05, 0) is 59.9 Å². The Morgan fingerprint density at radius 2 is 2.13 bits per heavy atom. The van der Waals surface area contributed by atoms with Gasteiger partial charge >= 0.3 is 0 Å². The lowest BCUT2D eigenvalue weighted by molar-refractivity contribution is 0.161. The fraction of sp³-hybridized carbons (Fsp3) is 0.435. The molecule has 0 amide bonds. The van der Waals surface area contributed by atoms with Crippen molar-refractivity contribution in [2.24, 2.45) is 11.1 Å². The number of hydrogen-bond acceptors (Lipinski definition) is 6. The number of aromatic nitrogens is 4. The van der Waals surface area contributed by atoms with Gasteiger partial charge in [0, 0.05) is 19.1 Å². The zero-order chi connectivity index (χ0) is 21.0. The zero-order valence-electron chi connectivity index (χ0n) is 17.3. The zero-order valence-corrected chi connectivity index (χ0v) is 17.3. The molecular formula is C23H25FN6O. The first-order valence-corrected chi connectivity index (χ1v) is 10.9. The Morgan fingerprint density at radius 1 is 1.26 bits per heavy atom. The molecule has 1 aliphatic carbocycles. The van der Waals surface area contributed by atoms with Gasteiger partial charge in [-0.25, -0.2) is 14.4 Å². The van der Waals surface area contributed by atoms with Gasteiger partial charge in [-0.1, -0.05) is 12.1 Å². The van der Waals surface area contributed by atoms with Crippen molar-refractivity contribution in [2.45, 2.75) is 31.7 Å². The fourth-order valence-corrected chi connectivity index (χ4v) is 5.44. The molecule has 3 N–H and O–H groups in total. The van der Waals surface area contributed by atoms with Crippen molar-refractivity contribution in [3.63, 3.8) is 0 Å². The number of aromatic amines is 1. The summed E-state index contributed by atoms with van der Waals surface area (Å²) in [5, 5.41) is 7.51. The SMILES string of the molecule is N[C@@H]1c2ccc(F)cc2CC12CCN(c1cnc3c(C4=CCOCC4)[nH]nc3n1)CC2. The summed E-state index contributed by atoms with van der Waals surface area (Å²) in [4.78, 5) is 11.7. The Labute approximate surface area is 179 Å². The molecule has 1 aromatic carbocycles. The van der Waals surface area contributed by atoms with Crippen LogP contribution in [0.3, 0.4) is 0 Å². The third kappa shape index (κ3) is 3.04. The highest BCUT2D eigenvalue weighted by Gasteiger charge is 2.46. The average Bonchev–Trinajstić information content (AvgIpc) is 3.33. The summed E-state index contributed by atoms with van der Waals surface area (Å²) in [7, 11) is 0. The lowest BCUT2D eigenvalue weighted by atomic mass is 9.73. The highest BCUT2D eigenvalue weighted by Crippen LogP contribution is 2.51. The number of nitrogens with one attached hydrogen (secondary N) is 1. The Balaban J connectivity index is 1.21. The molecule has 1 atom stereocenters. The molecule has 160 valence electrons. The lowest BCUT2D eigenvalue weighted by Crippen LogP contribution is -2.44. The summed E-state index contributed by atoms with van der Waals surface area (Å²) < 4.78 is 19.1. The number of nitrogens with two attached hydrogens (primary N) is 1. The Kier molecular flexibility index (Phi) is 4.33. The third-order valence-electron chi connectivity index (χ3n) is 7.26. The predicted octanol–water partition coefficient (Wildman–Crippen LogP) is 3.14. The first kappa shape index (κ1) is 18.9. The maximum atomic E-state index is 13.7. The molecule has 0 unspecified atom stereocenters. The molecule has 2 aromatic heterocycles. The summed E-state index contributed by atoms with van der Waals surface area (Å²) in [6.45, 7) is 3.04.